The maximum absolute atomic E-state index is 13.4. The molecule has 1 aromatic carbocycles. The van der Waals surface area contributed by atoms with Crippen molar-refractivity contribution in [3.8, 4) is 0 Å². The molecule has 0 unspecified atom stereocenters. The van der Waals surface area contributed by atoms with Crippen LogP contribution in [-0.4, -0.2) is 12.2 Å². The summed E-state index contributed by atoms with van der Waals surface area (Å²) >= 11 is 4.74. The smallest absolute Gasteiger partial charge is 0.170 e. The van der Waals surface area contributed by atoms with Gasteiger partial charge in [0.25, 0.3) is 0 Å². The fourth-order valence-electron chi connectivity index (χ4n) is 0.947. The van der Waals surface area contributed by atoms with E-state index in [1.54, 1.807) is 14.0 Å². The van der Waals surface area contributed by atoms with Gasteiger partial charge < -0.3 is 10.6 Å². The summed E-state index contributed by atoms with van der Waals surface area (Å²) in [5.74, 6) is -1.28. The van der Waals surface area contributed by atoms with Gasteiger partial charge in [-0.3, -0.25) is 0 Å². The summed E-state index contributed by atoms with van der Waals surface area (Å²) in [4.78, 5) is 0. The van der Waals surface area contributed by atoms with Gasteiger partial charge >= 0.3 is 0 Å². The molecule has 2 N–H and O–H groups in total. The Morgan fingerprint density at radius 3 is 2.57 bits per heavy atom. The fraction of sp³-hybridized carbons (Fsp3) is 0.222. The second-order valence-corrected chi connectivity index (χ2v) is 3.17. The average molecular weight is 216 g/mol. The van der Waals surface area contributed by atoms with E-state index in [0.29, 0.717) is 5.56 Å². The minimum Gasteiger partial charge on any atom is -0.366 e. The highest BCUT2D eigenvalue weighted by atomic mass is 32.1. The number of halogens is 2. The lowest BCUT2D eigenvalue weighted by Gasteiger charge is -2.10. The lowest BCUT2D eigenvalue weighted by molar-refractivity contribution is 0.585. The maximum atomic E-state index is 13.4. The Morgan fingerprint density at radius 2 is 2.00 bits per heavy atom. The first-order valence-electron chi connectivity index (χ1n) is 3.99. The number of nitrogens with one attached hydrogen (secondary N) is 2. The lowest BCUT2D eigenvalue weighted by Crippen LogP contribution is -2.25. The molecule has 0 radical (unpaired) electrons. The summed E-state index contributed by atoms with van der Waals surface area (Å²) in [5, 5.41) is 5.19. The fourth-order valence-corrected chi connectivity index (χ4v) is 1.05. The molecule has 0 amide bonds. The highest BCUT2D eigenvalue weighted by Gasteiger charge is 2.11. The average Bonchev–Trinajstić information content (AvgIpc) is 2.18. The predicted octanol–water partition coefficient (Wildman–Crippen LogP) is 2.19. The Kier molecular flexibility index (Phi) is 3.35. The first-order valence-corrected chi connectivity index (χ1v) is 4.40. The number of hydrogen-bond acceptors (Lipinski definition) is 1. The highest BCUT2D eigenvalue weighted by molar-refractivity contribution is 7.80. The van der Waals surface area contributed by atoms with Crippen LogP contribution in [0.4, 0.5) is 14.5 Å². The molecule has 0 saturated carbocycles. The molecule has 76 valence electrons. The number of hydrogen-bond donors (Lipinski definition) is 2. The van der Waals surface area contributed by atoms with Crippen LogP contribution in [0.15, 0.2) is 12.1 Å². The molecule has 0 spiro atoms. The van der Waals surface area contributed by atoms with E-state index in [4.69, 9.17) is 12.2 Å². The van der Waals surface area contributed by atoms with Crippen LogP contribution < -0.4 is 10.6 Å². The van der Waals surface area contributed by atoms with Crippen LogP contribution in [0.1, 0.15) is 5.56 Å². The van der Waals surface area contributed by atoms with Gasteiger partial charge in [0, 0.05) is 7.05 Å². The Morgan fingerprint density at radius 1 is 1.36 bits per heavy atom. The van der Waals surface area contributed by atoms with E-state index in [-0.39, 0.29) is 10.8 Å². The van der Waals surface area contributed by atoms with Crippen molar-refractivity contribution < 1.29 is 8.78 Å². The van der Waals surface area contributed by atoms with Crippen LogP contribution in [-0.2, 0) is 0 Å². The van der Waals surface area contributed by atoms with Gasteiger partial charge in [-0.2, -0.15) is 0 Å². The second-order valence-electron chi connectivity index (χ2n) is 2.76. The molecule has 0 saturated heterocycles. The van der Waals surface area contributed by atoms with E-state index in [0.717, 1.165) is 0 Å². The minimum absolute atomic E-state index is 0.174. The molecule has 0 fully saturated rings. The zero-order chi connectivity index (χ0) is 10.7. The Hall–Kier alpha value is -1.23. The van der Waals surface area contributed by atoms with Crippen LogP contribution in [0.5, 0.6) is 0 Å². The third kappa shape index (κ3) is 2.17. The maximum Gasteiger partial charge on any atom is 0.170 e. The molecule has 0 bridgehead atoms. The summed E-state index contributed by atoms with van der Waals surface area (Å²) in [5.41, 5.74) is 0.150. The molecule has 0 aliphatic carbocycles. The normalized spacial score (nSPS) is 9.71. The molecule has 1 aromatic rings. The van der Waals surface area contributed by atoms with Crippen LogP contribution in [0.3, 0.4) is 0 Å². The number of aryl methyl sites for hydroxylation is 1. The summed E-state index contributed by atoms with van der Waals surface area (Å²) in [6.45, 7) is 1.56. The third-order valence-electron chi connectivity index (χ3n) is 1.75. The number of benzene rings is 1. The topological polar surface area (TPSA) is 24.1 Å². The second kappa shape index (κ2) is 4.32. The van der Waals surface area contributed by atoms with E-state index in [1.807, 2.05) is 0 Å². The van der Waals surface area contributed by atoms with Crippen molar-refractivity contribution in [3.05, 3.63) is 29.3 Å². The molecular weight excluding hydrogens is 206 g/mol. The number of thiocarbonyl (C=S) groups is 1. The Bertz CT molecular complexity index is 366. The van der Waals surface area contributed by atoms with Crippen LogP contribution in [0, 0.1) is 18.6 Å². The molecule has 0 aliphatic heterocycles. The van der Waals surface area contributed by atoms with E-state index in [9.17, 15) is 8.78 Å². The van der Waals surface area contributed by atoms with Gasteiger partial charge in [0.2, 0.25) is 0 Å². The van der Waals surface area contributed by atoms with E-state index in [2.05, 4.69) is 10.6 Å². The van der Waals surface area contributed by atoms with Crippen molar-refractivity contribution >= 4 is 23.0 Å². The molecular formula is C9H10F2N2S. The van der Waals surface area contributed by atoms with Gasteiger partial charge in [-0.1, -0.05) is 6.07 Å². The molecule has 5 heteroatoms. The molecule has 0 aliphatic rings. The molecule has 0 aromatic heterocycles. The quantitative estimate of drug-likeness (QED) is 0.704. The minimum atomic E-state index is -0.661. The lowest BCUT2D eigenvalue weighted by atomic mass is 10.2. The van der Waals surface area contributed by atoms with Crippen LogP contribution >= 0.6 is 12.2 Å². The van der Waals surface area contributed by atoms with Crippen molar-refractivity contribution in [1.29, 1.82) is 0 Å². The summed E-state index contributed by atoms with van der Waals surface area (Å²) in [6, 6.07) is 2.57. The van der Waals surface area contributed by atoms with Crippen LogP contribution in [0.25, 0.3) is 0 Å². The molecule has 2 nitrogen and oxygen atoms in total. The summed E-state index contributed by atoms with van der Waals surface area (Å²) in [6.07, 6.45) is 0. The first kappa shape index (κ1) is 10.8. The van der Waals surface area contributed by atoms with Gasteiger partial charge in [-0.25, -0.2) is 8.78 Å². The zero-order valence-corrected chi connectivity index (χ0v) is 8.64. The predicted molar refractivity (Wildman–Crippen MR) is 56.4 cm³/mol. The number of rotatable bonds is 1. The van der Waals surface area contributed by atoms with Gasteiger partial charge in [0.1, 0.15) is 11.5 Å². The molecule has 0 heterocycles. The number of anilines is 1. The van der Waals surface area contributed by atoms with Crippen molar-refractivity contribution in [2.75, 3.05) is 12.4 Å². The van der Waals surface area contributed by atoms with Gasteiger partial charge in [0.15, 0.2) is 10.9 Å². The van der Waals surface area contributed by atoms with E-state index >= 15 is 0 Å². The zero-order valence-electron chi connectivity index (χ0n) is 7.82. The van der Waals surface area contributed by atoms with Gasteiger partial charge in [-0.05, 0) is 30.8 Å². The first-order chi connectivity index (χ1) is 6.56. The van der Waals surface area contributed by atoms with Crippen molar-refractivity contribution in [2.24, 2.45) is 0 Å². The van der Waals surface area contributed by atoms with Gasteiger partial charge in [-0.15, -0.1) is 0 Å². The summed E-state index contributed by atoms with van der Waals surface area (Å²) in [7, 11) is 1.57. The molecule has 1 rings (SSSR count). The van der Waals surface area contributed by atoms with Crippen molar-refractivity contribution in [1.82, 2.24) is 5.32 Å². The monoisotopic (exact) mass is 216 g/mol. The van der Waals surface area contributed by atoms with Crippen LogP contribution in [0.2, 0.25) is 0 Å². The van der Waals surface area contributed by atoms with E-state index in [1.165, 1.54) is 12.1 Å². The SMILES string of the molecule is CNC(=S)Nc1c(F)ccc(C)c1F. The standard InChI is InChI=1S/C9H10F2N2S/c1-5-3-4-6(10)8(7(5)11)13-9(14)12-2/h3-4H,1-2H3,(H2,12,13,14). The van der Waals surface area contributed by atoms with E-state index < -0.39 is 11.6 Å². The van der Waals surface area contributed by atoms with Crippen molar-refractivity contribution in [2.45, 2.75) is 6.92 Å². The highest BCUT2D eigenvalue weighted by Crippen LogP contribution is 2.21. The Balaban J connectivity index is 3.06. The van der Waals surface area contributed by atoms with Gasteiger partial charge in [0.05, 0.1) is 0 Å². The summed E-state index contributed by atoms with van der Waals surface area (Å²) < 4.78 is 26.5. The van der Waals surface area contributed by atoms with Crippen molar-refractivity contribution in [3.63, 3.8) is 0 Å². The third-order valence-corrected chi connectivity index (χ3v) is 2.06. The Labute approximate surface area is 86.3 Å². The molecule has 0 atom stereocenters. The largest absolute Gasteiger partial charge is 0.366 e. The molecule has 14 heavy (non-hydrogen) atoms.